The highest BCUT2D eigenvalue weighted by Crippen LogP contribution is 2.32. The Hall–Kier alpha value is -2.09. The second-order valence-corrected chi connectivity index (χ2v) is 6.85. The molecule has 1 aromatic carbocycles. The molecule has 1 heterocycles. The Balaban J connectivity index is 1.59. The van der Waals surface area contributed by atoms with E-state index in [0.717, 1.165) is 25.0 Å². The molecule has 8 heteroatoms. The third-order valence-corrected chi connectivity index (χ3v) is 5.11. The van der Waals surface area contributed by atoms with Crippen molar-refractivity contribution >= 4 is 17.2 Å². The van der Waals surface area contributed by atoms with Gasteiger partial charge in [0.2, 0.25) is 0 Å². The molecule has 1 aliphatic carbocycles. The highest BCUT2D eigenvalue weighted by atomic mass is 32.1. The minimum Gasteiger partial charge on any atom is -0.388 e. The molecule has 0 radical (unpaired) electrons. The van der Waals surface area contributed by atoms with E-state index < -0.39 is 11.7 Å². The first-order chi connectivity index (χ1) is 11.9. The zero-order chi connectivity index (χ0) is 17.9. The zero-order valence-electron chi connectivity index (χ0n) is 13.4. The fourth-order valence-corrected chi connectivity index (χ4v) is 3.59. The van der Waals surface area contributed by atoms with Gasteiger partial charge in [0.1, 0.15) is 10.8 Å². The first-order valence-electron chi connectivity index (χ1n) is 8.01. The minimum atomic E-state index is -4.34. The zero-order valence-corrected chi connectivity index (χ0v) is 14.2. The van der Waals surface area contributed by atoms with Crippen molar-refractivity contribution < 1.29 is 18.0 Å². The highest BCUT2D eigenvalue weighted by Gasteiger charge is 2.30. The maximum atomic E-state index is 12.6. The lowest BCUT2D eigenvalue weighted by atomic mass is 10.1. The summed E-state index contributed by atoms with van der Waals surface area (Å²) in [6, 6.07) is 4.95. The maximum absolute atomic E-state index is 12.6. The molecule has 134 valence electrons. The SMILES string of the molecule is N/C(=N/OCc1csc(-c2ccc(C(F)(F)F)cc2)n1)C1CCCC1. The summed E-state index contributed by atoms with van der Waals surface area (Å²) in [7, 11) is 0. The van der Waals surface area contributed by atoms with Gasteiger partial charge >= 0.3 is 6.18 Å². The minimum absolute atomic E-state index is 0.185. The molecule has 0 unspecified atom stereocenters. The second kappa shape index (κ2) is 7.43. The number of aromatic nitrogens is 1. The molecule has 25 heavy (non-hydrogen) atoms. The molecular weight excluding hydrogens is 351 g/mol. The van der Waals surface area contributed by atoms with Gasteiger partial charge in [-0.3, -0.25) is 0 Å². The van der Waals surface area contributed by atoms with Gasteiger partial charge in [-0.2, -0.15) is 13.2 Å². The van der Waals surface area contributed by atoms with Crippen molar-refractivity contribution in [2.45, 2.75) is 38.5 Å². The fraction of sp³-hybridized carbons (Fsp3) is 0.412. The molecule has 1 aromatic heterocycles. The molecule has 0 atom stereocenters. The van der Waals surface area contributed by atoms with Crippen LogP contribution in [0.1, 0.15) is 36.9 Å². The Morgan fingerprint density at radius 1 is 1.24 bits per heavy atom. The van der Waals surface area contributed by atoms with Crippen LogP contribution in [0, 0.1) is 5.92 Å². The van der Waals surface area contributed by atoms with E-state index in [2.05, 4.69) is 10.1 Å². The lowest BCUT2D eigenvalue weighted by Crippen LogP contribution is -2.21. The number of amidine groups is 1. The average Bonchev–Trinajstić information content (AvgIpc) is 3.26. The first-order valence-corrected chi connectivity index (χ1v) is 8.89. The number of hydrogen-bond acceptors (Lipinski definition) is 4. The van der Waals surface area contributed by atoms with Crippen LogP contribution in [0.2, 0.25) is 0 Å². The van der Waals surface area contributed by atoms with E-state index in [1.165, 1.54) is 36.3 Å². The van der Waals surface area contributed by atoms with Crippen molar-refractivity contribution in [3.8, 4) is 10.6 Å². The third-order valence-electron chi connectivity index (χ3n) is 4.17. The molecule has 1 aliphatic rings. The number of thiazole rings is 1. The van der Waals surface area contributed by atoms with Crippen molar-refractivity contribution in [2.24, 2.45) is 16.8 Å². The number of rotatable bonds is 5. The van der Waals surface area contributed by atoms with Crippen LogP contribution in [0.4, 0.5) is 13.2 Å². The Labute approximate surface area is 147 Å². The van der Waals surface area contributed by atoms with Gasteiger partial charge in [0.25, 0.3) is 0 Å². The van der Waals surface area contributed by atoms with Crippen LogP contribution in [0.3, 0.4) is 0 Å². The van der Waals surface area contributed by atoms with E-state index >= 15 is 0 Å². The fourth-order valence-electron chi connectivity index (χ4n) is 2.78. The van der Waals surface area contributed by atoms with Gasteiger partial charge in [-0.05, 0) is 25.0 Å². The van der Waals surface area contributed by atoms with Crippen molar-refractivity contribution in [1.29, 1.82) is 0 Å². The Morgan fingerprint density at radius 3 is 2.56 bits per heavy atom. The summed E-state index contributed by atoms with van der Waals surface area (Å²) in [6.45, 7) is 0.185. The molecule has 4 nitrogen and oxygen atoms in total. The molecule has 0 spiro atoms. The maximum Gasteiger partial charge on any atom is 0.416 e. The first kappa shape index (κ1) is 17.7. The molecule has 1 fully saturated rings. The molecule has 0 aliphatic heterocycles. The van der Waals surface area contributed by atoms with Gasteiger partial charge in [-0.1, -0.05) is 30.1 Å². The van der Waals surface area contributed by atoms with Gasteiger partial charge in [0, 0.05) is 16.9 Å². The molecule has 2 N–H and O–H groups in total. The third kappa shape index (κ3) is 4.50. The van der Waals surface area contributed by atoms with E-state index in [-0.39, 0.29) is 6.61 Å². The summed E-state index contributed by atoms with van der Waals surface area (Å²) < 4.78 is 37.8. The van der Waals surface area contributed by atoms with Crippen LogP contribution < -0.4 is 5.73 Å². The number of alkyl halides is 3. The molecule has 0 bridgehead atoms. The monoisotopic (exact) mass is 369 g/mol. The summed E-state index contributed by atoms with van der Waals surface area (Å²) in [5.74, 6) is 0.828. The predicted molar refractivity (Wildman–Crippen MR) is 90.9 cm³/mol. The van der Waals surface area contributed by atoms with E-state index in [0.29, 0.717) is 28.0 Å². The topological polar surface area (TPSA) is 60.5 Å². The predicted octanol–water partition coefficient (Wildman–Crippen LogP) is 4.81. The van der Waals surface area contributed by atoms with E-state index in [1.807, 2.05) is 0 Å². The Morgan fingerprint density at radius 2 is 1.92 bits per heavy atom. The standard InChI is InChI=1S/C17H18F3N3OS/c18-17(19,20)13-7-5-12(6-8-13)16-22-14(10-25-16)9-24-23-15(21)11-3-1-2-4-11/h5-8,10-11H,1-4,9H2,(H2,21,23). The summed E-state index contributed by atoms with van der Waals surface area (Å²) in [4.78, 5) is 9.63. The molecule has 2 aromatic rings. The van der Waals surface area contributed by atoms with Crippen LogP contribution in [-0.4, -0.2) is 10.8 Å². The molecule has 0 amide bonds. The van der Waals surface area contributed by atoms with E-state index in [1.54, 1.807) is 5.38 Å². The number of halogens is 3. The van der Waals surface area contributed by atoms with Gasteiger partial charge in [0.05, 0.1) is 11.3 Å². The van der Waals surface area contributed by atoms with E-state index in [4.69, 9.17) is 10.6 Å². The van der Waals surface area contributed by atoms with Crippen LogP contribution >= 0.6 is 11.3 Å². The van der Waals surface area contributed by atoms with Crippen molar-refractivity contribution in [2.75, 3.05) is 0 Å². The quantitative estimate of drug-likeness (QED) is 0.467. The van der Waals surface area contributed by atoms with Crippen LogP contribution in [-0.2, 0) is 17.6 Å². The lowest BCUT2D eigenvalue weighted by Gasteiger charge is -2.07. The number of nitrogens with two attached hydrogens (primary N) is 1. The van der Waals surface area contributed by atoms with Crippen LogP contribution in [0.15, 0.2) is 34.8 Å². The Bertz CT molecular complexity index is 734. The summed E-state index contributed by atoms with van der Waals surface area (Å²) in [5, 5.41) is 6.39. The van der Waals surface area contributed by atoms with E-state index in [9.17, 15) is 13.2 Å². The van der Waals surface area contributed by atoms with Crippen molar-refractivity contribution in [3.63, 3.8) is 0 Å². The number of benzene rings is 1. The summed E-state index contributed by atoms with van der Waals surface area (Å²) in [5.41, 5.74) is 6.54. The number of hydrogen-bond donors (Lipinski definition) is 1. The molecule has 0 saturated heterocycles. The van der Waals surface area contributed by atoms with Crippen molar-refractivity contribution in [1.82, 2.24) is 4.98 Å². The van der Waals surface area contributed by atoms with Gasteiger partial charge < -0.3 is 10.6 Å². The highest BCUT2D eigenvalue weighted by molar-refractivity contribution is 7.13. The van der Waals surface area contributed by atoms with Crippen LogP contribution in [0.5, 0.6) is 0 Å². The van der Waals surface area contributed by atoms with Crippen LogP contribution in [0.25, 0.3) is 10.6 Å². The summed E-state index contributed by atoms with van der Waals surface area (Å²) >= 11 is 1.35. The van der Waals surface area contributed by atoms with Gasteiger partial charge in [0.15, 0.2) is 6.61 Å². The Kier molecular flexibility index (Phi) is 5.27. The van der Waals surface area contributed by atoms with Crippen molar-refractivity contribution in [3.05, 3.63) is 40.9 Å². The van der Waals surface area contributed by atoms with Gasteiger partial charge in [-0.15, -0.1) is 11.3 Å². The molecule has 1 saturated carbocycles. The largest absolute Gasteiger partial charge is 0.416 e. The normalized spacial score (nSPS) is 16.4. The second-order valence-electron chi connectivity index (χ2n) is 5.99. The molecule has 3 rings (SSSR count). The average molecular weight is 369 g/mol. The number of nitrogens with zero attached hydrogens (tertiary/aromatic N) is 2. The number of oxime groups is 1. The molecular formula is C17H18F3N3OS. The summed E-state index contributed by atoms with van der Waals surface area (Å²) in [6.07, 6.45) is 0.103. The smallest absolute Gasteiger partial charge is 0.388 e. The lowest BCUT2D eigenvalue weighted by molar-refractivity contribution is -0.137. The van der Waals surface area contributed by atoms with Gasteiger partial charge in [-0.25, -0.2) is 4.98 Å².